The van der Waals surface area contributed by atoms with E-state index in [1.165, 1.54) is 0 Å². The summed E-state index contributed by atoms with van der Waals surface area (Å²) in [5.74, 6) is 1.37. The van der Waals surface area contributed by atoms with E-state index in [0.717, 1.165) is 24.7 Å². The molecule has 112 valence electrons. The minimum Gasteiger partial charge on any atom is -0.485 e. The minimum atomic E-state index is -0.0409. The summed E-state index contributed by atoms with van der Waals surface area (Å²) in [4.78, 5) is 16.3. The van der Waals surface area contributed by atoms with Crippen LogP contribution in [-0.4, -0.2) is 31.4 Å². The Morgan fingerprint density at radius 3 is 2.82 bits per heavy atom. The summed E-state index contributed by atoms with van der Waals surface area (Å²) in [6.45, 7) is 1.65. The molecule has 0 bridgehead atoms. The van der Waals surface area contributed by atoms with Gasteiger partial charge in [-0.05, 0) is 12.1 Å². The zero-order chi connectivity index (χ0) is 15.2. The SMILES string of the molecule is O=C(COc1cccc(NC2=NCCN2)c1)c1ccccc1. The Bertz CT molecular complexity index is 683. The molecule has 0 atom stereocenters. The van der Waals surface area contributed by atoms with Gasteiger partial charge in [0.1, 0.15) is 5.75 Å². The first-order valence-electron chi connectivity index (χ1n) is 7.18. The molecule has 2 aromatic carbocycles. The first-order chi connectivity index (χ1) is 10.8. The van der Waals surface area contributed by atoms with Gasteiger partial charge in [0.2, 0.25) is 0 Å². The van der Waals surface area contributed by atoms with Crippen LogP contribution in [0.4, 0.5) is 5.69 Å². The van der Waals surface area contributed by atoms with Crippen LogP contribution < -0.4 is 15.4 Å². The van der Waals surface area contributed by atoms with Crippen molar-refractivity contribution in [1.29, 1.82) is 0 Å². The molecule has 0 saturated heterocycles. The number of anilines is 1. The summed E-state index contributed by atoms with van der Waals surface area (Å²) in [6.07, 6.45) is 0. The summed E-state index contributed by atoms with van der Waals surface area (Å²) < 4.78 is 5.58. The van der Waals surface area contributed by atoms with Crippen molar-refractivity contribution in [1.82, 2.24) is 5.32 Å². The first-order valence-corrected chi connectivity index (χ1v) is 7.18. The molecule has 1 aliphatic heterocycles. The number of ketones is 1. The van der Waals surface area contributed by atoms with Gasteiger partial charge in [0, 0.05) is 23.9 Å². The lowest BCUT2D eigenvalue weighted by molar-refractivity contribution is 0.0921. The van der Waals surface area contributed by atoms with E-state index in [4.69, 9.17) is 4.74 Å². The number of hydrogen-bond donors (Lipinski definition) is 2. The molecule has 0 saturated carbocycles. The van der Waals surface area contributed by atoms with Crippen molar-refractivity contribution in [3.63, 3.8) is 0 Å². The highest BCUT2D eigenvalue weighted by Crippen LogP contribution is 2.18. The van der Waals surface area contributed by atoms with Crippen LogP contribution in [-0.2, 0) is 0 Å². The smallest absolute Gasteiger partial charge is 0.200 e. The average molecular weight is 295 g/mol. The maximum atomic E-state index is 12.0. The van der Waals surface area contributed by atoms with E-state index in [9.17, 15) is 4.79 Å². The van der Waals surface area contributed by atoms with Gasteiger partial charge in [-0.3, -0.25) is 9.79 Å². The normalized spacial score (nSPS) is 13.2. The van der Waals surface area contributed by atoms with Gasteiger partial charge in [0.05, 0.1) is 6.54 Å². The lowest BCUT2D eigenvalue weighted by atomic mass is 10.1. The maximum absolute atomic E-state index is 12.0. The Kier molecular flexibility index (Phi) is 4.34. The molecule has 1 heterocycles. The van der Waals surface area contributed by atoms with Gasteiger partial charge in [-0.15, -0.1) is 0 Å². The van der Waals surface area contributed by atoms with Gasteiger partial charge < -0.3 is 15.4 Å². The second kappa shape index (κ2) is 6.76. The Morgan fingerprint density at radius 2 is 2.05 bits per heavy atom. The highest BCUT2D eigenvalue weighted by Gasteiger charge is 2.08. The van der Waals surface area contributed by atoms with Gasteiger partial charge in [-0.2, -0.15) is 0 Å². The van der Waals surface area contributed by atoms with E-state index in [2.05, 4.69) is 15.6 Å². The molecule has 0 spiro atoms. The van der Waals surface area contributed by atoms with Gasteiger partial charge in [-0.25, -0.2) is 0 Å². The second-order valence-electron chi connectivity index (χ2n) is 4.89. The molecule has 2 N–H and O–H groups in total. The zero-order valence-corrected chi connectivity index (χ0v) is 12.1. The van der Waals surface area contributed by atoms with Crippen LogP contribution in [0.1, 0.15) is 10.4 Å². The van der Waals surface area contributed by atoms with Crippen molar-refractivity contribution in [3.05, 3.63) is 60.2 Å². The van der Waals surface area contributed by atoms with E-state index in [-0.39, 0.29) is 12.4 Å². The van der Waals surface area contributed by atoms with Gasteiger partial charge in [-0.1, -0.05) is 36.4 Å². The predicted octanol–water partition coefficient (Wildman–Crippen LogP) is 2.32. The van der Waals surface area contributed by atoms with Crippen LogP contribution in [0.15, 0.2) is 59.6 Å². The molecule has 0 aromatic heterocycles. The number of Topliss-reactive ketones (excluding diaryl/α,β-unsaturated/α-hetero) is 1. The Morgan fingerprint density at radius 1 is 1.18 bits per heavy atom. The summed E-state index contributed by atoms with van der Waals surface area (Å²) in [5.41, 5.74) is 1.53. The van der Waals surface area contributed by atoms with E-state index in [1.807, 2.05) is 42.5 Å². The molecular weight excluding hydrogens is 278 g/mol. The van der Waals surface area contributed by atoms with E-state index in [0.29, 0.717) is 11.3 Å². The van der Waals surface area contributed by atoms with E-state index in [1.54, 1.807) is 12.1 Å². The number of guanidine groups is 1. The topological polar surface area (TPSA) is 62.7 Å². The Hall–Kier alpha value is -2.82. The number of ether oxygens (including phenoxy) is 1. The molecule has 22 heavy (non-hydrogen) atoms. The number of hydrogen-bond acceptors (Lipinski definition) is 5. The third-order valence-electron chi connectivity index (χ3n) is 3.24. The fraction of sp³-hybridized carbons (Fsp3) is 0.176. The third kappa shape index (κ3) is 3.63. The number of nitrogens with one attached hydrogen (secondary N) is 2. The van der Waals surface area contributed by atoms with Crippen LogP contribution in [0.5, 0.6) is 5.75 Å². The molecular formula is C17H17N3O2. The molecule has 0 amide bonds. The molecule has 5 nitrogen and oxygen atoms in total. The van der Waals surface area contributed by atoms with Gasteiger partial charge >= 0.3 is 0 Å². The van der Waals surface area contributed by atoms with Crippen molar-refractivity contribution >= 4 is 17.4 Å². The minimum absolute atomic E-state index is 0.0205. The van der Waals surface area contributed by atoms with E-state index < -0.39 is 0 Å². The van der Waals surface area contributed by atoms with Crippen molar-refractivity contribution in [2.24, 2.45) is 4.99 Å². The second-order valence-corrected chi connectivity index (χ2v) is 4.89. The molecule has 3 rings (SSSR count). The van der Waals surface area contributed by atoms with Crippen molar-refractivity contribution in [2.45, 2.75) is 0 Å². The highest BCUT2D eigenvalue weighted by molar-refractivity contribution is 5.97. The first kappa shape index (κ1) is 14.1. The molecule has 0 unspecified atom stereocenters. The molecule has 5 heteroatoms. The Balaban J connectivity index is 1.59. The number of nitrogens with zero attached hydrogens (tertiary/aromatic N) is 1. The number of carbonyl (C=O) groups excluding carboxylic acids is 1. The summed E-state index contributed by atoms with van der Waals surface area (Å²) in [6, 6.07) is 16.6. The van der Waals surface area contributed by atoms with Gasteiger partial charge in [0.15, 0.2) is 18.3 Å². The Labute approximate surface area is 129 Å². The fourth-order valence-corrected chi connectivity index (χ4v) is 2.14. The lowest BCUT2D eigenvalue weighted by Crippen LogP contribution is -2.26. The fourth-order valence-electron chi connectivity index (χ4n) is 2.14. The molecule has 2 aromatic rings. The number of benzene rings is 2. The monoisotopic (exact) mass is 295 g/mol. The van der Waals surface area contributed by atoms with Crippen LogP contribution in [0.25, 0.3) is 0 Å². The van der Waals surface area contributed by atoms with Crippen molar-refractivity contribution < 1.29 is 9.53 Å². The summed E-state index contributed by atoms with van der Waals surface area (Å²) in [5, 5.41) is 6.31. The quantitative estimate of drug-likeness (QED) is 0.831. The summed E-state index contributed by atoms with van der Waals surface area (Å²) in [7, 11) is 0. The van der Waals surface area contributed by atoms with Crippen LogP contribution in [0, 0.1) is 0 Å². The number of rotatable bonds is 5. The van der Waals surface area contributed by atoms with Crippen molar-refractivity contribution in [3.8, 4) is 5.75 Å². The molecule has 0 aliphatic carbocycles. The number of aliphatic imine (C=N–C) groups is 1. The molecule has 0 fully saturated rings. The van der Waals surface area contributed by atoms with Crippen molar-refractivity contribution in [2.75, 3.05) is 25.0 Å². The summed E-state index contributed by atoms with van der Waals surface area (Å²) >= 11 is 0. The van der Waals surface area contributed by atoms with Crippen LogP contribution >= 0.6 is 0 Å². The lowest BCUT2D eigenvalue weighted by Gasteiger charge is -2.09. The largest absolute Gasteiger partial charge is 0.485 e. The third-order valence-corrected chi connectivity index (χ3v) is 3.24. The van der Waals surface area contributed by atoms with Gasteiger partial charge in [0.25, 0.3) is 0 Å². The standard InChI is InChI=1S/C17H17N3O2/c21-16(13-5-2-1-3-6-13)12-22-15-8-4-7-14(11-15)20-17-18-9-10-19-17/h1-8,11H,9-10,12H2,(H2,18,19,20). The van der Waals surface area contributed by atoms with E-state index >= 15 is 0 Å². The van der Waals surface area contributed by atoms with Crippen LogP contribution in [0.2, 0.25) is 0 Å². The molecule has 1 aliphatic rings. The maximum Gasteiger partial charge on any atom is 0.200 e. The molecule has 0 radical (unpaired) electrons. The zero-order valence-electron chi connectivity index (χ0n) is 12.1. The number of carbonyl (C=O) groups is 1. The average Bonchev–Trinajstić information content (AvgIpc) is 3.07. The predicted molar refractivity (Wildman–Crippen MR) is 86.6 cm³/mol. The van der Waals surface area contributed by atoms with Crippen LogP contribution in [0.3, 0.4) is 0 Å². The highest BCUT2D eigenvalue weighted by atomic mass is 16.5.